The maximum absolute atomic E-state index is 15.8. The van der Waals surface area contributed by atoms with Gasteiger partial charge in [0.25, 0.3) is 10.2 Å². The maximum atomic E-state index is 15.8. The number of fused-ring (bicyclic) bond motifs is 7. The van der Waals surface area contributed by atoms with Crippen LogP contribution in [0.25, 0.3) is 0 Å². The molecule has 50 heavy (non-hydrogen) atoms. The van der Waals surface area contributed by atoms with Crippen LogP contribution < -0.4 is 5.73 Å². The van der Waals surface area contributed by atoms with Gasteiger partial charge < -0.3 is 39.5 Å². The van der Waals surface area contributed by atoms with Gasteiger partial charge in [-0.05, 0) is 62.7 Å². The number of esters is 2. The molecule has 0 aromatic carbocycles. The Morgan fingerprint density at radius 2 is 1.82 bits per heavy atom. The summed E-state index contributed by atoms with van der Waals surface area (Å²) in [5.41, 5.74) is 2.34. The van der Waals surface area contributed by atoms with Gasteiger partial charge in [-0.3, -0.25) is 19.2 Å². The van der Waals surface area contributed by atoms with Crippen LogP contribution in [0.15, 0.2) is 23.8 Å². The number of ether oxygens (including phenoxy) is 4. The molecule has 4 fully saturated rings. The summed E-state index contributed by atoms with van der Waals surface area (Å²) < 4.78 is 38.5. The largest absolute Gasteiger partial charge is 0.462 e. The van der Waals surface area contributed by atoms with E-state index in [1.807, 2.05) is 6.92 Å². The second kappa shape index (κ2) is 13.2. The van der Waals surface area contributed by atoms with Gasteiger partial charge in [-0.1, -0.05) is 19.9 Å². The van der Waals surface area contributed by atoms with Crippen LogP contribution in [-0.4, -0.2) is 101 Å². The number of allylic oxidation sites excluding steroid dienone is 4. The number of carbonyl (C=O) groups is 4. The van der Waals surface area contributed by atoms with E-state index in [9.17, 15) is 44.5 Å². The van der Waals surface area contributed by atoms with Crippen LogP contribution in [0.1, 0.15) is 53.4 Å². The number of Topliss-reactive ketones (excluding diaryl/α,β-unsaturated/α-hetero) is 1. The zero-order chi connectivity index (χ0) is 37.0. The summed E-state index contributed by atoms with van der Waals surface area (Å²) in [6.07, 6.45) is -1.01. The van der Waals surface area contributed by atoms with Crippen molar-refractivity contribution in [3.8, 4) is 0 Å². The normalized spacial score (nSPS) is 37.5. The van der Waals surface area contributed by atoms with E-state index < -0.39 is 119 Å². The van der Waals surface area contributed by atoms with Gasteiger partial charge in [-0.15, -0.1) is 20.2 Å². The van der Waals surface area contributed by atoms with Crippen LogP contribution in [0.4, 0.5) is 4.39 Å². The van der Waals surface area contributed by atoms with Crippen molar-refractivity contribution in [2.45, 2.75) is 95.3 Å². The lowest BCUT2D eigenvalue weighted by Crippen LogP contribution is -2.64. The molecule has 1 saturated heterocycles. The first-order valence-corrected chi connectivity index (χ1v) is 16.1. The first kappa shape index (κ1) is 37.2. The van der Waals surface area contributed by atoms with Crippen molar-refractivity contribution in [2.24, 2.45) is 34.3 Å². The van der Waals surface area contributed by atoms with Crippen molar-refractivity contribution in [3.05, 3.63) is 44.0 Å². The van der Waals surface area contributed by atoms with Crippen molar-refractivity contribution < 1.29 is 67.5 Å². The van der Waals surface area contributed by atoms with Crippen LogP contribution in [0, 0.1) is 48.8 Å². The molecule has 3 saturated carbocycles. The van der Waals surface area contributed by atoms with Gasteiger partial charge in [0.2, 0.25) is 5.78 Å². The van der Waals surface area contributed by atoms with Crippen molar-refractivity contribution in [3.63, 3.8) is 0 Å². The molecule has 6 unspecified atom stereocenters. The van der Waals surface area contributed by atoms with Gasteiger partial charge in [0, 0.05) is 16.7 Å². The molecule has 0 aromatic rings. The fraction of sp³-hybridized carbons (Fsp3) is 0.742. The number of halogens is 1. The number of hydrogen-bond acceptors (Lipinski definition) is 16. The van der Waals surface area contributed by atoms with E-state index in [2.05, 4.69) is 9.68 Å². The minimum absolute atomic E-state index is 0.0234. The molecular weight excluding hydrogens is 673 g/mol. The van der Waals surface area contributed by atoms with Crippen LogP contribution in [0.2, 0.25) is 0 Å². The summed E-state index contributed by atoms with van der Waals surface area (Å²) in [6.45, 7) is 4.24. The van der Waals surface area contributed by atoms with E-state index in [1.54, 1.807) is 26.8 Å². The molecule has 0 radical (unpaired) electrons. The highest BCUT2D eigenvalue weighted by Crippen LogP contribution is 2.70. The van der Waals surface area contributed by atoms with Gasteiger partial charge in [-0.25, -0.2) is 4.39 Å². The number of aliphatic hydroxyl groups is 1. The molecule has 1 heterocycles. The second-order valence-electron chi connectivity index (χ2n) is 14.4. The molecule has 5 aliphatic rings. The summed E-state index contributed by atoms with van der Waals surface area (Å²) >= 11 is 0. The quantitative estimate of drug-likeness (QED) is 0.152. The number of rotatable bonds is 13. The molecule has 1 aliphatic heterocycles. The third-order valence-corrected chi connectivity index (χ3v) is 10.9. The predicted molar refractivity (Wildman–Crippen MR) is 161 cm³/mol. The lowest BCUT2D eigenvalue weighted by molar-refractivity contribution is -0.790. The molecule has 18 nitrogen and oxygen atoms in total. The van der Waals surface area contributed by atoms with E-state index in [-0.39, 0.29) is 24.5 Å². The Morgan fingerprint density at radius 1 is 1.12 bits per heavy atom. The third kappa shape index (κ3) is 6.46. The Kier molecular flexibility index (Phi) is 9.85. The average molecular weight is 714 g/mol. The fourth-order valence-corrected chi connectivity index (χ4v) is 9.16. The lowest BCUT2D eigenvalue weighted by atomic mass is 9.46. The molecule has 3 N–H and O–H groups in total. The zero-order valence-electron chi connectivity index (χ0n) is 27.8. The SMILES string of the molecule is CC1(C)O[C@@H]2CC3C4C[C@H](F)C5=CC(=O)C=C[C@]5(C)C4[C@@H](O)C[C@]3(C)C2(C(=O)COC(=O)CC(N)C(=O)OCC(CO[N+](=O)[O-])O[N+](=O)[O-])O1. The van der Waals surface area contributed by atoms with E-state index >= 15 is 4.39 Å². The van der Waals surface area contributed by atoms with Gasteiger partial charge >= 0.3 is 11.9 Å². The van der Waals surface area contributed by atoms with Crippen molar-refractivity contribution in [2.75, 3.05) is 19.8 Å². The number of ketones is 2. The minimum atomic E-state index is -1.70. The highest BCUT2D eigenvalue weighted by molar-refractivity contribution is 6.01. The first-order valence-electron chi connectivity index (χ1n) is 16.1. The molecule has 0 bridgehead atoms. The van der Waals surface area contributed by atoms with E-state index in [0.29, 0.717) is 12.0 Å². The molecule has 4 aliphatic carbocycles. The lowest BCUT2D eigenvalue weighted by Gasteiger charge is -2.60. The predicted octanol–water partition coefficient (Wildman–Crippen LogP) is 0.871. The molecule has 19 heteroatoms. The fourth-order valence-electron chi connectivity index (χ4n) is 9.16. The highest BCUT2D eigenvalue weighted by atomic mass is 19.1. The van der Waals surface area contributed by atoms with E-state index in [0.717, 1.165) is 0 Å². The molecule has 5 rings (SSSR count). The van der Waals surface area contributed by atoms with Gasteiger partial charge in [-0.2, -0.15) is 0 Å². The Bertz CT molecular complexity index is 1520. The summed E-state index contributed by atoms with van der Waals surface area (Å²) in [6, 6.07) is -1.65. The Labute approximate surface area is 284 Å². The Hall–Kier alpha value is -4.07. The number of nitrogens with two attached hydrogens (primary N) is 1. The smallest absolute Gasteiger partial charge is 0.323 e. The van der Waals surface area contributed by atoms with Gasteiger partial charge in [0.05, 0.1) is 18.6 Å². The van der Waals surface area contributed by atoms with Crippen LogP contribution in [-0.2, 0) is 47.8 Å². The first-order chi connectivity index (χ1) is 23.2. The van der Waals surface area contributed by atoms with Crippen molar-refractivity contribution in [1.29, 1.82) is 0 Å². The van der Waals surface area contributed by atoms with Crippen molar-refractivity contribution >= 4 is 23.5 Å². The molecular formula is C31H40FN3O15. The number of aliphatic hydroxyl groups excluding tert-OH is 1. The summed E-state index contributed by atoms with van der Waals surface area (Å²) in [5, 5.41) is 30.3. The molecule has 0 amide bonds. The van der Waals surface area contributed by atoms with Crippen LogP contribution >= 0.6 is 0 Å². The highest BCUT2D eigenvalue weighted by Gasteiger charge is 2.77. The maximum Gasteiger partial charge on any atom is 0.323 e. The zero-order valence-corrected chi connectivity index (χ0v) is 27.8. The third-order valence-electron chi connectivity index (χ3n) is 10.9. The Balaban J connectivity index is 1.27. The van der Waals surface area contributed by atoms with Gasteiger partial charge in [0.1, 0.15) is 25.4 Å². The number of carbonyl (C=O) groups excluding carboxylic acids is 4. The summed E-state index contributed by atoms with van der Waals surface area (Å²) in [5.74, 6) is -5.76. The molecule has 276 valence electrons. The van der Waals surface area contributed by atoms with Crippen molar-refractivity contribution in [1.82, 2.24) is 0 Å². The number of alkyl halides is 1. The van der Waals surface area contributed by atoms with Gasteiger partial charge in [0.15, 0.2) is 29.9 Å². The second-order valence-corrected chi connectivity index (χ2v) is 14.4. The molecule has 11 atom stereocenters. The monoisotopic (exact) mass is 713 g/mol. The topological polar surface area (TPSA) is 256 Å². The Morgan fingerprint density at radius 3 is 2.48 bits per heavy atom. The minimum Gasteiger partial charge on any atom is -0.462 e. The van der Waals surface area contributed by atoms with Crippen LogP contribution in [0.3, 0.4) is 0 Å². The van der Waals surface area contributed by atoms with E-state index in [4.69, 9.17) is 24.7 Å². The molecule has 0 aromatic heterocycles. The summed E-state index contributed by atoms with van der Waals surface area (Å²) in [7, 11) is 0. The standard InChI is InChI=1S/C31H40FN3O15/c1-28(2)48-24-9-18-17-8-20(32)19-7-15(36)5-6-29(19,3)26(17)22(37)11-30(18,4)31(24,50-28)23(38)14-45-25(39)10-21(33)27(40)46-12-16(49-35(43)44)13-47-34(41)42/h5-7,16-18,20-22,24,26,37H,8-14,33H2,1-4H3/t16?,17?,18?,20-,21?,22-,24+,26?,29-,30-,31?/m0/s1. The number of nitrogens with zero attached hydrogens (tertiary/aromatic N) is 2. The number of hydrogen-bond donors (Lipinski definition) is 2. The summed E-state index contributed by atoms with van der Waals surface area (Å²) in [4.78, 5) is 80.6. The average Bonchev–Trinajstić information content (AvgIpc) is 3.42. The molecule has 0 spiro atoms. The van der Waals surface area contributed by atoms with Crippen LogP contribution in [0.5, 0.6) is 0 Å². The van der Waals surface area contributed by atoms with E-state index in [1.165, 1.54) is 12.2 Å².